The maximum atomic E-state index is 14.1. The van der Waals surface area contributed by atoms with Gasteiger partial charge in [0.2, 0.25) is 0 Å². The van der Waals surface area contributed by atoms with Gasteiger partial charge >= 0.3 is 0 Å². The van der Waals surface area contributed by atoms with Crippen LogP contribution in [0.25, 0.3) is 0 Å². The van der Waals surface area contributed by atoms with Gasteiger partial charge < -0.3 is 5.73 Å². The molecule has 18 heavy (non-hydrogen) atoms. The van der Waals surface area contributed by atoms with Gasteiger partial charge in [0.05, 0.1) is 5.02 Å². The molecule has 1 aliphatic carbocycles. The lowest BCUT2D eigenvalue weighted by Gasteiger charge is -2.23. The number of hydrogen-bond donors (Lipinski definition) is 1. The zero-order valence-corrected chi connectivity index (χ0v) is 12.6. The molecule has 0 saturated heterocycles. The van der Waals surface area contributed by atoms with Crippen LogP contribution in [0.3, 0.4) is 0 Å². The van der Waals surface area contributed by atoms with Crippen LogP contribution in [0, 0.1) is 11.7 Å². The summed E-state index contributed by atoms with van der Waals surface area (Å²) in [4.78, 5) is 0. The summed E-state index contributed by atoms with van der Waals surface area (Å²) >= 11 is 9.15. The van der Waals surface area contributed by atoms with Crippen LogP contribution < -0.4 is 5.73 Å². The highest BCUT2D eigenvalue weighted by molar-refractivity contribution is 9.10. The first kappa shape index (κ1) is 14.3. The Bertz CT molecular complexity index is 417. The fourth-order valence-electron chi connectivity index (χ4n) is 2.72. The van der Waals surface area contributed by atoms with Gasteiger partial charge in [-0.05, 0) is 40.8 Å². The van der Waals surface area contributed by atoms with Gasteiger partial charge in [-0.15, -0.1) is 0 Å². The second kappa shape index (κ2) is 6.36. The third-order valence-electron chi connectivity index (χ3n) is 3.83. The van der Waals surface area contributed by atoms with Crippen molar-refractivity contribution in [2.45, 2.75) is 44.6 Å². The Kier molecular flexibility index (Phi) is 5.05. The van der Waals surface area contributed by atoms with Crippen molar-refractivity contribution in [1.29, 1.82) is 0 Å². The Morgan fingerprint density at radius 1 is 1.22 bits per heavy atom. The van der Waals surface area contributed by atoms with E-state index in [1.165, 1.54) is 25.7 Å². The van der Waals surface area contributed by atoms with E-state index in [2.05, 4.69) is 15.9 Å². The number of nitrogens with two attached hydrogens (primary N) is 1. The summed E-state index contributed by atoms with van der Waals surface area (Å²) in [7, 11) is 0. The normalized spacial score (nSPS) is 19.6. The first-order valence-corrected chi connectivity index (χ1v) is 7.67. The summed E-state index contributed by atoms with van der Waals surface area (Å²) in [6, 6.07) is 3.28. The topological polar surface area (TPSA) is 26.0 Å². The molecule has 1 aromatic rings. The van der Waals surface area contributed by atoms with Gasteiger partial charge in [-0.2, -0.15) is 0 Å². The lowest BCUT2D eigenvalue weighted by molar-refractivity contribution is 0.373. The lowest BCUT2D eigenvalue weighted by atomic mass is 9.87. The van der Waals surface area contributed by atoms with Gasteiger partial charge in [-0.1, -0.05) is 43.4 Å². The van der Waals surface area contributed by atoms with Crippen LogP contribution in [0.2, 0.25) is 5.02 Å². The maximum absolute atomic E-state index is 14.1. The highest BCUT2D eigenvalue weighted by Gasteiger charge is 2.24. The molecule has 1 atom stereocenters. The van der Waals surface area contributed by atoms with Crippen molar-refractivity contribution in [1.82, 2.24) is 0 Å². The van der Waals surface area contributed by atoms with Crippen LogP contribution in [0.1, 0.15) is 50.1 Å². The second-order valence-electron chi connectivity index (χ2n) is 5.04. The Balaban J connectivity index is 2.22. The molecule has 0 aliphatic heterocycles. The van der Waals surface area contributed by atoms with Gasteiger partial charge in [-0.3, -0.25) is 0 Å². The standard InChI is InChI=1S/C14H18BrClFN/c15-11-8-7-10(13(17)12(11)16)14(18)9-5-3-1-2-4-6-9/h7-9,14H,1-6,18H2. The van der Waals surface area contributed by atoms with E-state index in [0.717, 1.165) is 12.8 Å². The summed E-state index contributed by atoms with van der Waals surface area (Å²) in [6.45, 7) is 0. The molecule has 0 heterocycles. The third kappa shape index (κ3) is 3.06. The van der Waals surface area contributed by atoms with Crippen LogP contribution in [0.4, 0.5) is 4.39 Å². The van der Waals surface area contributed by atoms with E-state index in [0.29, 0.717) is 16.0 Å². The van der Waals surface area contributed by atoms with Crippen molar-refractivity contribution >= 4 is 27.5 Å². The van der Waals surface area contributed by atoms with Crippen LogP contribution >= 0.6 is 27.5 Å². The molecule has 1 unspecified atom stereocenters. The Morgan fingerprint density at radius 3 is 2.44 bits per heavy atom. The minimum Gasteiger partial charge on any atom is -0.324 e. The summed E-state index contributed by atoms with van der Waals surface area (Å²) in [5.74, 6) is 0.00188. The smallest absolute Gasteiger partial charge is 0.147 e. The molecule has 1 aromatic carbocycles. The molecule has 0 radical (unpaired) electrons. The minimum absolute atomic E-state index is 0.136. The number of benzene rings is 1. The van der Waals surface area contributed by atoms with E-state index in [1.807, 2.05) is 0 Å². The Labute approximate surface area is 121 Å². The highest BCUT2D eigenvalue weighted by atomic mass is 79.9. The van der Waals surface area contributed by atoms with Crippen LogP contribution in [-0.4, -0.2) is 0 Å². The number of rotatable bonds is 2. The van der Waals surface area contributed by atoms with Crippen molar-refractivity contribution < 1.29 is 4.39 Å². The van der Waals surface area contributed by atoms with Gasteiger partial charge in [0, 0.05) is 16.1 Å². The molecule has 100 valence electrons. The van der Waals surface area contributed by atoms with Crippen LogP contribution in [0.15, 0.2) is 16.6 Å². The molecule has 2 rings (SSSR count). The van der Waals surface area contributed by atoms with Crippen LogP contribution in [-0.2, 0) is 0 Å². The quantitative estimate of drug-likeness (QED) is 0.583. The van der Waals surface area contributed by atoms with Crippen molar-refractivity contribution in [2.24, 2.45) is 11.7 Å². The van der Waals surface area contributed by atoms with Gasteiger partial charge in [0.1, 0.15) is 5.82 Å². The molecule has 0 amide bonds. The van der Waals surface area contributed by atoms with Gasteiger partial charge in [-0.25, -0.2) is 4.39 Å². The Morgan fingerprint density at radius 2 is 1.83 bits per heavy atom. The third-order valence-corrected chi connectivity index (χ3v) is 5.09. The predicted molar refractivity (Wildman–Crippen MR) is 77.2 cm³/mol. The Hall–Kier alpha value is -0.120. The van der Waals surface area contributed by atoms with Gasteiger partial charge in [0.25, 0.3) is 0 Å². The largest absolute Gasteiger partial charge is 0.324 e. The molecular formula is C14H18BrClFN. The monoisotopic (exact) mass is 333 g/mol. The molecule has 4 heteroatoms. The minimum atomic E-state index is -0.372. The molecule has 0 aromatic heterocycles. The van der Waals surface area contributed by atoms with Gasteiger partial charge in [0.15, 0.2) is 0 Å². The van der Waals surface area contributed by atoms with E-state index >= 15 is 0 Å². The fraction of sp³-hybridized carbons (Fsp3) is 0.571. The van der Waals surface area contributed by atoms with Crippen molar-refractivity contribution in [2.75, 3.05) is 0 Å². The first-order chi connectivity index (χ1) is 8.61. The zero-order chi connectivity index (χ0) is 13.1. The average molecular weight is 335 g/mol. The number of halogens is 3. The molecule has 1 saturated carbocycles. The predicted octanol–water partition coefficient (Wildman–Crippen LogP) is 5.21. The van der Waals surface area contributed by atoms with E-state index in [9.17, 15) is 4.39 Å². The number of hydrogen-bond acceptors (Lipinski definition) is 1. The molecule has 0 bridgehead atoms. The highest BCUT2D eigenvalue weighted by Crippen LogP contribution is 2.36. The van der Waals surface area contributed by atoms with E-state index in [4.69, 9.17) is 17.3 Å². The molecule has 2 N–H and O–H groups in total. The van der Waals surface area contributed by atoms with Crippen molar-refractivity contribution in [3.63, 3.8) is 0 Å². The zero-order valence-electron chi connectivity index (χ0n) is 10.3. The molecule has 0 spiro atoms. The average Bonchev–Trinajstić information content (AvgIpc) is 2.64. The maximum Gasteiger partial charge on any atom is 0.147 e. The lowest BCUT2D eigenvalue weighted by Crippen LogP contribution is -2.22. The summed E-state index contributed by atoms with van der Waals surface area (Å²) in [5, 5.41) is 0.136. The van der Waals surface area contributed by atoms with E-state index in [-0.39, 0.29) is 16.9 Å². The molecule has 1 fully saturated rings. The molecule has 1 nitrogen and oxygen atoms in total. The first-order valence-electron chi connectivity index (χ1n) is 6.50. The molecule has 1 aliphatic rings. The fourth-order valence-corrected chi connectivity index (χ4v) is 3.20. The van der Waals surface area contributed by atoms with Crippen LogP contribution in [0.5, 0.6) is 0 Å². The summed E-state index contributed by atoms with van der Waals surface area (Å²) < 4.78 is 14.7. The SMILES string of the molecule is NC(c1ccc(Br)c(Cl)c1F)C1CCCCCC1. The second-order valence-corrected chi connectivity index (χ2v) is 6.27. The summed E-state index contributed by atoms with van der Waals surface area (Å²) in [5.41, 5.74) is 6.80. The molecular weight excluding hydrogens is 317 g/mol. The van der Waals surface area contributed by atoms with Crippen molar-refractivity contribution in [3.05, 3.63) is 33.0 Å². The van der Waals surface area contributed by atoms with E-state index in [1.54, 1.807) is 12.1 Å². The van der Waals surface area contributed by atoms with Crippen molar-refractivity contribution in [3.8, 4) is 0 Å². The van der Waals surface area contributed by atoms with E-state index < -0.39 is 0 Å². The summed E-state index contributed by atoms with van der Waals surface area (Å²) in [6.07, 6.45) is 7.12.